The largest absolute Gasteiger partial charge is 0.452 e. The summed E-state index contributed by atoms with van der Waals surface area (Å²) >= 11 is 5.72. The van der Waals surface area contributed by atoms with Crippen molar-refractivity contribution < 1.29 is 9.21 Å². The van der Waals surface area contributed by atoms with E-state index in [4.69, 9.17) is 4.42 Å². The summed E-state index contributed by atoms with van der Waals surface area (Å²) in [6.07, 6.45) is 0. The topological polar surface area (TPSA) is 56.0 Å². The van der Waals surface area contributed by atoms with Gasteiger partial charge in [-0.2, -0.15) is 0 Å². The summed E-state index contributed by atoms with van der Waals surface area (Å²) in [6.45, 7) is 0. The normalized spacial score (nSPS) is 10.7. The summed E-state index contributed by atoms with van der Waals surface area (Å²) in [4.78, 5) is 12.0. The molecule has 100 valence electrons. The molecule has 4 nitrogen and oxygen atoms in total. The molecular formula is C13H7BrN2O2S2. The summed E-state index contributed by atoms with van der Waals surface area (Å²) in [5.74, 6) is 0.974. The van der Waals surface area contributed by atoms with Crippen LogP contribution in [0, 0.1) is 0 Å². The Balaban J connectivity index is 1.79. The van der Waals surface area contributed by atoms with Gasteiger partial charge in [0, 0.05) is 10.0 Å². The Labute approximate surface area is 131 Å². The van der Waals surface area contributed by atoms with Crippen LogP contribution in [0.25, 0.3) is 11.3 Å². The monoisotopic (exact) mass is 366 g/mol. The number of furan rings is 1. The number of carbonyl (C=O) groups excluding carboxylic acids is 1. The first-order chi connectivity index (χ1) is 9.72. The minimum atomic E-state index is -0.176. The Morgan fingerprint density at radius 3 is 2.70 bits per heavy atom. The van der Waals surface area contributed by atoms with Crippen LogP contribution >= 0.6 is 39.0 Å². The Morgan fingerprint density at radius 2 is 2.00 bits per heavy atom. The van der Waals surface area contributed by atoms with Gasteiger partial charge < -0.3 is 4.42 Å². The molecule has 0 spiro atoms. The molecule has 0 saturated carbocycles. The molecule has 7 heteroatoms. The molecule has 3 rings (SSSR count). The lowest BCUT2D eigenvalue weighted by atomic mass is 10.2. The third-order valence-corrected chi connectivity index (χ3v) is 4.65. The van der Waals surface area contributed by atoms with E-state index < -0.39 is 0 Å². The number of benzene rings is 1. The average Bonchev–Trinajstić information content (AvgIpc) is 3.10. The maximum atomic E-state index is 12.0. The van der Waals surface area contributed by atoms with Gasteiger partial charge in [-0.1, -0.05) is 39.4 Å². The lowest BCUT2D eigenvalue weighted by Crippen LogP contribution is -1.89. The summed E-state index contributed by atoms with van der Waals surface area (Å²) in [7, 11) is 0. The maximum absolute atomic E-state index is 12.0. The molecule has 0 atom stereocenters. The second-order valence-electron chi connectivity index (χ2n) is 3.76. The zero-order valence-corrected chi connectivity index (χ0v) is 13.2. The third-order valence-electron chi connectivity index (χ3n) is 2.46. The van der Waals surface area contributed by atoms with E-state index in [0.29, 0.717) is 15.9 Å². The highest BCUT2D eigenvalue weighted by Gasteiger charge is 2.15. The van der Waals surface area contributed by atoms with Crippen LogP contribution in [0.5, 0.6) is 0 Å². The summed E-state index contributed by atoms with van der Waals surface area (Å²) in [5, 5.41) is 7.33. The first-order valence-electron chi connectivity index (χ1n) is 5.56. The van der Waals surface area contributed by atoms with Gasteiger partial charge in [-0.25, -0.2) is 0 Å². The maximum Gasteiger partial charge on any atom is 0.261 e. The molecule has 0 radical (unpaired) electrons. The van der Waals surface area contributed by atoms with Gasteiger partial charge in [0.1, 0.15) is 11.3 Å². The fourth-order valence-corrected chi connectivity index (χ4v) is 3.10. The molecule has 2 aromatic heterocycles. The van der Waals surface area contributed by atoms with Crippen molar-refractivity contribution in [1.29, 1.82) is 0 Å². The van der Waals surface area contributed by atoms with E-state index in [1.807, 2.05) is 24.3 Å². The molecule has 0 aliphatic rings. The van der Waals surface area contributed by atoms with Gasteiger partial charge in [0.05, 0.1) is 0 Å². The zero-order valence-electron chi connectivity index (χ0n) is 9.95. The van der Waals surface area contributed by atoms with Gasteiger partial charge in [0.15, 0.2) is 10.1 Å². The van der Waals surface area contributed by atoms with Crippen molar-refractivity contribution in [3.05, 3.63) is 52.1 Å². The van der Waals surface area contributed by atoms with Gasteiger partial charge in [-0.05, 0) is 36.0 Å². The molecule has 3 aromatic rings. The highest BCUT2D eigenvalue weighted by molar-refractivity contribution is 9.10. The number of hydrogen-bond acceptors (Lipinski definition) is 6. The van der Waals surface area contributed by atoms with E-state index >= 15 is 0 Å². The number of aromatic nitrogens is 2. The summed E-state index contributed by atoms with van der Waals surface area (Å²) < 4.78 is 7.20. The van der Waals surface area contributed by atoms with Crippen molar-refractivity contribution in [1.82, 2.24) is 10.2 Å². The highest BCUT2D eigenvalue weighted by Crippen LogP contribution is 2.28. The van der Waals surface area contributed by atoms with Crippen LogP contribution in [-0.4, -0.2) is 15.3 Å². The predicted molar refractivity (Wildman–Crippen MR) is 81.9 cm³/mol. The van der Waals surface area contributed by atoms with Crippen LogP contribution < -0.4 is 0 Å². The van der Waals surface area contributed by atoms with Crippen LogP contribution in [0.4, 0.5) is 0 Å². The minimum absolute atomic E-state index is 0.176. The van der Waals surface area contributed by atoms with Gasteiger partial charge >= 0.3 is 0 Å². The molecule has 0 bridgehead atoms. The van der Waals surface area contributed by atoms with E-state index in [-0.39, 0.29) is 5.12 Å². The summed E-state index contributed by atoms with van der Waals surface area (Å²) in [6, 6.07) is 11.2. The first-order valence-corrected chi connectivity index (χ1v) is 8.05. The number of nitrogens with zero attached hydrogens (tertiary/aromatic N) is 2. The quantitative estimate of drug-likeness (QED) is 0.639. The SMILES string of the molecule is O=C(Sc1nncs1)c1ccc(-c2ccc(Br)cc2)o1. The fourth-order valence-electron chi connectivity index (χ4n) is 1.55. The van der Waals surface area contributed by atoms with Gasteiger partial charge in [-0.15, -0.1) is 10.2 Å². The Kier molecular flexibility index (Phi) is 4.00. The number of halogens is 1. The van der Waals surface area contributed by atoms with Crippen molar-refractivity contribution in [3.63, 3.8) is 0 Å². The lowest BCUT2D eigenvalue weighted by molar-refractivity contribution is 0.106. The molecule has 0 N–H and O–H groups in total. The second-order valence-corrected chi connectivity index (χ2v) is 6.73. The Morgan fingerprint density at radius 1 is 1.20 bits per heavy atom. The highest BCUT2D eigenvalue weighted by atomic mass is 79.9. The molecule has 0 aliphatic heterocycles. The predicted octanol–water partition coefficient (Wildman–Crippen LogP) is 4.49. The van der Waals surface area contributed by atoms with Crippen LogP contribution in [0.15, 0.2) is 55.1 Å². The van der Waals surface area contributed by atoms with Crippen molar-refractivity contribution >= 4 is 44.1 Å². The average molecular weight is 367 g/mol. The van der Waals surface area contributed by atoms with Gasteiger partial charge in [0.25, 0.3) is 5.12 Å². The minimum Gasteiger partial charge on any atom is -0.452 e. The van der Waals surface area contributed by atoms with E-state index in [1.165, 1.54) is 11.3 Å². The van der Waals surface area contributed by atoms with Crippen LogP contribution in [0.1, 0.15) is 10.6 Å². The van der Waals surface area contributed by atoms with Gasteiger partial charge in [-0.3, -0.25) is 4.79 Å². The molecule has 0 unspecified atom stereocenters. The molecule has 0 saturated heterocycles. The van der Waals surface area contributed by atoms with Crippen LogP contribution in [0.2, 0.25) is 0 Å². The molecule has 0 aliphatic carbocycles. The van der Waals surface area contributed by atoms with Crippen molar-refractivity contribution in [3.8, 4) is 11.3 Å². The van der Waals surface area contributed by atoms with Crippen LogP contribution in [0.3, 0.4) is 0 Å². The van der Waals surface area contributed by atoms with E-state index in [0.717, 1.165) is 21.8 Å². The molecule has 0 fully saturated rings. The smallest absolute Gasteiger partial charge is 0.261 e. The number of carbonyl (C=O) groups is 1. The van der Waals surface area contributed by atoms with E-state index in [1.54, 1.807) is 17.6 Å². The van der Waals surface area contributed by atoms with Gasteiger partial charge in [0.2, 0.25) is 0 Å². The first kappa shape index (κ1) is 13.5. The molecule has 0 amide bonds. The summed E-state index contributed by atoms with van der Waals surface area (Å²) in [5.41, 5.74) is 2.51. The second kappa shape index (κ2) is 5.90. The van der Waals surface area contributed by atoms with Crippen molar-refractivity contribution in [2.45, 2.75) is 4.34 Å². The fraction of sp³-hybridized carbons (Fsp3) is 0. The van der Waals surface area contributed by atoms with Crippen LogP contribution in [-0.2, 0) is 0 Å². The van der Waals surface area contributed by atoms with E-state index in [2.05, 4.69) is 26.1 Å². The molecule has 20 heavy (non-hydrogen) atoms. The van der Waals surface area contributed by atoms with Crippen molar-refractivity contribution in [2.75, 3.05) is 0 Å². The van der Waals surface area contributed by atoms with Crippen molar-refractivity contribution in [2.24, 2.45) is 0 Å². The number of hydrogen-bond donors (Lipinski definition) is 0. The number of thioether (sulfide) groups is 1. The Hall–Kier alpha value is -1.44. The molecule has 1 aromatic carbocycles. The molecular weight excluding hydrogens is 360 g/mol. The zero-order chi connectivity index (χ0) is 13.9. The third kappa shape index (κ3) is 3.00. The molecule has 2 heterocycles. The Bertz CT molecular complexity index is 723. The number of rotatable bonds is 3. The lowest BCUT2D eigenvalue weighted by Gasteiger charge is -1.97. The standard InChI is InChI=1S/C13H7BrN2O2S2/c14-9-3-1-8(2-4-9)10-5-6-11(18-10)12(17)20-13-16-15-7-19-13/h1-7H. The van der Waals surface area contributed by atoms with E-state index in [9.17, 15) is 4.79 Å².